The molecule has 0 aliphatic heterocycles. The number of halogens is 1. The van der Waals surface area contributed by atoms with Crippen molar-refractivity contribution < 1.29 is 22.8 Å². The summed E-state index contributed by atoms with van der Waals surface area (Å²) >= 11 is 3.16. The number of hydrogen-bond donors (Lipinski definition) is 2. The van der Waals surface area contributed by atoms with Crippen molar-refractivity contribution in [1.29, 1.82) is 0 Å². The molecule has 0 fully saturated rings. The van der Waals surface area contributed by atoms with Crippen LogP contribution in [0.5, 0.6) is 0 Å². The third-order valence-corrected chi connectivity index (χ3v) is 4.99. The van der Waals surface area contributed by atoms with Gasteiger partial charge in [0.2, 0.25) is 10.0 Å². The molecule has 9 heteroatoms. The Balaban J connectivity index is 2.33. The Labute approximate surface area is 129 Å². The minimum atomic E-state index is -3.86. The van der Waals surface area contributed by atoms with Gasteiger partial charge >= 0.3 is 5.97 Å². The summed E-state index contributed by atoms with van der Waals surface area (Å²) in [4.78, 5) is 11.0. The van der Waals surface area contributed by atoms with Gasteiger partial charge in [0.1, 0.15) is 0 Å². The highest BCUT2D eigenvalue weighted by molar-refractivity contribution is 9.10. The van der Waals surface area contributed by atoms with Crippen LogP contribution in [0.25, 0.3) is 0 Å². The summed E-state index contributed by atoms with van der Waals surface area (Å²) in [5.74, 6) is -0.844. The van der Waals surface area contributed by atoms with E-state index < -0.39 is 16.0 Å². The molecule has 1 aromatic carbocycles. The van der Waals surface area contributed by atoms with E-state index in [0.29, 0.717) is 15.8 Å². The predicted molar refractivity (Wildman–Crippen MR) is 76.4 cm³/mol. The highest BCUT2D eigenvalue weighted by Gasteiger charge is 2.20. The average molecular weight is 375 g/mol. The van der Waals surface area contributed by atoms with Gasteiger partial charge in [0.25, 0.3) is 0 Å². The fraction of sp³-hybridized carbons (Fsp3) is 0.167. The molecule has 0 aliphatic rings. The normalized spacial score (nSPS) is 11.5. The number of nitrogens with one attached hydrogen (secondary N) is 1. The molecule has 0 atom stereocenters. The van der Waals surface area contributed by atoms with Crippen molar-refractivity contribution >= 4 is 31.9 Å². The molecule has 0 spiro atoms. The van der Waals surface area contributed by atoms with Gasteiger partial charge in [-0.15, -0.1) is 0 Å². The fourth-order valence-electron chi connectivity index (χ4n) is 1.61. The number of aromatic carboxylic acids is 1. The molecule has 0 amide bonds. The summed E-state index contributed by atoms with van der Waals surface area (Å²) in [5.41, 5.74) is 0.376. The van der Waals surface area contributed by atoms with Crippen LogP contribution >= 0.6 is 15.9 Å². The fourth-order valence-corrected chi connectivity index (χ4v) is 3.27. The van der Waals surface area contributed by atoms with Gasteiger partial charge in [-0.1, -0.05) is 21.1 Å². The zero-order valence-electron chi connectivity index (χ0n) is 10.8. The van der Waals surface area contributed by atoms with Crippen LogP contribution in [0.15, 0.2) is 38.3 Å². The van der Waals surface area contributed by atoms with Crippen molar-refractivity contribution in [3.8, 4) is 0 Å². The Kier molecular flexibility index (Phi) is 4.45. The summed E-state index contributed by atoms with van der Waals surface area (Å²) in [7, 11) is -3.86. The highest BCUT2D eigenvalue weighted by atomic mass is 79.9. The molecule has 1 heterocycles. The lowest BCUT2D eigenvalue weighted by Gasteiger charge is -2.09. The first-order valence-corrected chi connectivity index (χ1v) is 8.01. The molecule has 7 nitrogen and oxygen atoms in total. The quantitative estimate of drug-likeness (QED) is 0.827. The Morgan fingerprint density at radius 3 is 2.76 bits per heavy atom. The molecule has 0 radical (unpaired) electrons. The van der Waals surface area contributed by atoms with Crippen molar-refractivity contribution in [3.05, 3.63) is 45.8 Å². The topological polar surface area (TPSA) is 110 Å². The van der Waals surface area contributed by atoms with Gasteiger partial charge in [0.15, 0.2) is 5.76 Å². The van der Waals surface area contributed by atoms with E-state index in [1.807, 2.05) is 0 Å². The van der Waals surface area contributed by atoms with E-state index in [0.717, 1.165) is 6.07 Å². The van der Waals surface area contributed by atoms with Crippen molar-refractivity contribution in [1.82, 2.24) is 9.88 Å². The summed E-state index contributed by atoms with van der Waals surface area (Å²) in [6.07, 6.45) is 1.40. The van der Waals surface area contributed by atoms with Gasteiger partial charge in [-0.25, -0.2) is 17.9 Å². The van der Waals surface area contributed by atoms with Gasteiger partial charge in [0.05, 0.1) is 23.2 Å². The second-order valence-electron chi connectivity index (χ2n) is 4.19. The van der Waals surface area contributed by atoms with E-state index in [-0.39, 0.29) is 17.0 Å². The average Bonchev–Trinajstić information content (AvgIpc) is 2.92. The van der Waals surface area contributed by atoms with Gasteiger partial charge in [0, 0.05) is 10.5 Å². The van der Waals surface area contributed by atoms with Crippen LogP contribution in [0.4, 0.5) is 0 Å². The van der Waals surface area contributed by atoms with E-state index in [9.17, 15) is 13.2 Å². The molecule has 112 valence electrons. The third kappa shape index (κ3) is 3.49. The largest absolute Gasteiger partial charge is 0.478 e. The molecule has 0 bridgehead atoms. The van der Waals surface area contributed by atoms with E-state index >= 15 is 0 Å². The van der Waals surface area contributed by atoms with Gasteiger partial charge in [-0.05, 0) is 24.6 Å². The first kappa shape index (κ1) is 15.7. The number of nitrogens with zero attached hydrogens (tertiary/aromatic N) is 1. The highest BCUT2D eigenvalue weighted by Crippen LogP contribution is 2.25. The maximum Gasteiger partial charge on any atom is 0.336 e. The Morgan fingerprint density at radius 2 is 2.19 bits per heavy atom. The number of carboxylic acids is 1. The molecular weight excluding hydrogens is 364 g/mol. The standard InChI is InChI=1S/C12H11BrN2O5S/c1-7-10(12(16)17)4-9(5-11(7)13)21(18,19)15-6-8-2-3-14-20-8/h2-5,15H,6H2,1H3,(H,16,17). The van der Waals surface area contributed by atoms with Gasteiger partial charge in [-0.3, -0.25) is 0 Å². The van der Waals surface area contributed by atoms with Crippen LogP contribution in [-0.2, 0) is 16.6 Å². The Morgan fingerprint density at radius 1 is 1.48 bits per heavy atom. The minimum Gasteiger partial charge on any atom is -0.478 e. The van der Waals surface area contributed by atoms with Crippen LogP contribution in [-0.4, -0.2) is 24.7 Å². The number of rotatable bonds is 5. The first-order chi connectivity index (χ1) is 9.81. The van der Waals surface area contributed by atoms with E-state index in [2.05, 4.69) is 25.8 Å². The smallest absolute Gasteiger partial charge is 0.336 e. The minimum absolute atomic E-state index is 0.0732. The second-order valence-corrected chi connectivity index (χ2v) is 6.81. The summed E-state index contributed by atoms with van der Waals surface area (Å²) in [6.45, 7) is 1.52. The predicted octanol–water partition coefficient (Wildman–Crippen LogP) is 1.92. The van der Waals surface area contributed by atoms with Crippen molar-refractivity contribution in [2.75, 3.05) is 0 Å². The molecule has 2 N–H and O–H groups in total. The zero-order valence-corrected chi connectivity index (χ0v) is 13.2. The lowest BCUT2D eigenvalue weighted by molar-refractivity contribution is 0.0695. The first-order valence-electron chi connectivity index (χ1n) is 5.74. The summed E-state index contributed by atoms with van der Waals surface area (Å²) < 4.78 is 31.9. The number of benzene rings is 1. The Hall–Kier alpha value is -1.71. The Bertz CT molecular complexity index is 771. The SMILES string of the molecule is Cc1c(Br)cc(S(=O)(=O)NCc2ccno2)cc1C(=O)O. The lowest BCUT2D eigenvalue weighted by atomic mass is 10.1. The van der Waals surface area contributed by atoms with Crippen molar-refractivity contribution in [2.45, 2.75) is 18.4 Å². The van der Waals surface area contributed by atoms with Crippen LogP contribution in [0.1, 0.15) is 21.7 Å². The van der Waals surface area contributed by atoms with Gasteiger partial charge < -0.3 is 9.63 Å². The summed E-state index contributed by atoms with van der Waals surface area (Å²) in [6, 6.07) is 3.99. The van der Waals surface area contributed by atoms with Crippen molar-refractivity contribution in [2.24, 2.45) is 0 Å². The van der Waals surface area contributed by atoms with E-state index in [1.165, 1.54) is 18.3 Å². The van der Waals surface area contributed by atoms with Crippen LogP contribution in [0.3, 0.4) is 0 Å². The zero-order chi connectivity index (χ0) is 15.6. The third-order valence-electron chi connectivity index (χ3n) is 2.79. The number of aromatic nitrogens is 1. The second kappa shape index (κ2) is 5.96. The molecule has 0 aliphatic carbocycles. The van der Waals surface area contributed by atoms with Crippen LogP contribution < -0.4 is 4.72 Å². The van der Waals surface area contributed by atoms with Crippen molar-refractivity contribution in [3.63, 3.8) is 0 Å². The molecular formula is C12H11BrN2O5S. The molecule has 0 unspecified atom stereocenters. The summed E-state index contributed by atoms with van der Waals surface area (Å²) in [5, 5.41) is 12.6. The van der Waals surface area contributed by atoms with Gasteiger partial charge in [-0.2, -0.15) is 0 Å². The molecule has 2 aromatic rings. The van der Waals surface area contributed by atoms with E-state index in [4.69, 9.17) is 9.63 Å². The number of sulfonamides is 1. The maximum atomic E-state index is 12.2. The van der Waals surface area contributed by atoms with Crippen LogP contribution in [0, 0.1) is 6.92 Å². The number of carbonyl (C=O) groups is 1. The molecule has 0 saturated heterocycles. The number of hydrogen-bond acceptors (Lipinski definition) is 5. The maximum absolute atomic E-state index is 12.2. The molecule has 2 rings (SSSR count). The molecule has 1 aromatic heterocycles. The molecule has 0 saturated carbocycles. The van der Waals surface area contributed by atoms with Crippen LogP contribution in [0.2, 0.25) is 0 Å². The lowest BCUT2D eigenvalue weighted by Crippen LogP contribution is -2.23. The molecule has 21 heavy (non-hydrogen) atoms. The monoisotopic (exact) mass is 374 g/mol. The van der Waals surface area contributed by atoms with E-state index in [1.54, 1.807) is 6.92 Å². The number of carboxylic acid groups (broad SMARTS) is 1.